The van der Waals surface area contributed by atoms with Crippen molar-refractivity contribution >= 4 is 23.2 Å². The van der Waals surface area contributed by atoms with Crippen molar-refractivity contribution in [3.05, 3.63) is 33.8 Å². The number of hydrogen-bond donors (Lipinski definition) is 1. The van der Waals surface area contributed by atoms with E-state index in [1.54, 1.807) is 12.1 Å². The molecule has 1 unspecified atom stereocenters. The third kappa shape index (κ3) is 2.66. The zero-order valence-electron chi connectivity index (χ0n) is 8.42. The minimum atomic E-state index is -0.398. The molecule has 1 N–H and O–H groups in total. The van der Waals surface area contributed by atoms with E-state index in [4.69, 9.17) is 23.2 Å². The summed E-state index contributed by atoms with van der Waals surface area (Å²) in [6.07, 6.45) is 4.25. The van der Waals surface area contributed by atoms with Gasteiger partial charge in [-0.1, -0.05) is 48.5 Å². The lowest BCUT2D eigenvalue weighted by molar-refractivity contribution is 0.118. The third-order valence-corrected chi connectivity index (χ3v) is 3.85. The molecule has 0 aromatic heterocycles. The Labute approximate surface area is 100 Å². The highest BCUT2D eigenvalue weighted by Crippen LogP contribution is 2.35. The number of halogens is 2. The van der Waals surface area contributed by atoms with E-state index in [2.05, 4.69) is 0 Å². The van der Waals surface area contributed by atoms with Crippen LogP contribution >= 0.6 is 23.2 Å². The largest absolute Gasteiger partial charge is 0.388 e. The molecule has 1 aliphatic rings. The van der Waals surface area contributed by atoms with Crippen molar-refractivity contribution in [2.24, 2.45) is 5.92 Å². The normalized spacial score (nSPS) is 18.6. The summed E-state index contributed by atoms with van der Waals surface area (Å²) in [5.41, 5.74) is 0.872. The van der Waals surface area contributed by atoms with Gasteiger partial charge in [-0.05, 0) is 30.0 Å². The first-order chi connectivity index (χ1) is 7.16. The molecular formula is C12H14Cl2O. The van der Waals surface area contributed by atoms with Crippen molar-refractivity contribution in [2.45, 2.75) is 31.8 Å². The van der Waals surface area contributed by atoms with Crippen LogP contribution in [0, 0.1) is 5.92 Å². The molecule has 0 spiro atoms. The van der Waals surface area contributed by atoms with E-state index in [-0.39, 0.29) is 0 Å². The lowest BCUT2D eigenvalue weighted by atomic mass is 9.80. The van der Waals surface area contributed by atoms with E-state index >= 15 is 0 Å². The van der Waals surface area contributed by atoms with Crippen LogP contribution in [0.4, 0.5) is 0 Å². The average Bonchev–Trinajstić information content (AvgIpc) is 2.15. The molecule has 1 aromatic carbocycles. The molecule has 3 heteroatoms. The van der Waals surface area contributed by atoms with Crippen molar-refractivity contribution in [2.75, 3.05) is 0 Å². The molecule has 1 aromatic rings. The molecule has 1 fully saturated rings. The van der Waals surface area contributed by atoms with Gasteiger partial charge >= 0.3 is 0 Å². The van der Waals surface area contributed by atoms with Gasteiger partial charge < -0.3 is 5.11 Å². The second kappa shape index (κ2) is 4.73. The maximum absolute atomic E-state index is 9.97. The Morgan fingerprint density at radius 1 is 1.27 bits per heavy atom. The van der Waals surface area contributed by atoms with Gasteiger partial charge in [-0.3, -0.25) is 0 Å². The summed E-state index contributed by atoms with van der Waals surface area (Å²) in [5, 5.41) is 11.0. The molecule has 1 aliphatic carbocycles. The van der Waals surface area contributed by atoms with Crippen LogP contribution in [0.5, 0.6) is 0 Å². The summed E-state index contributed by atoms with van der Waals surface area (Å²) in [5.74, 6) is 0.689. The summed E-state index contributed by atoms with van der Waals surface area (Å²) < 4.78 is 0. The van der Waals surface area contributed by atoms with Crippen molar-refractivity contribution < 1.29 is 5.11 Å². The fourth-order valence-corrected chi connectivity index (χ4v) is 2.21. The maximum atomic E-state index is 9.97. The van der Waals surface area contributed by atoms with Gasteiger partial charge in [0.1, 0.15) is 0 Å². The summed E-state index contributed by atoms with van der Waals surface area (Å²) >= 11 is 11.7. The summed E-state index contributed by atoms with van der Waals surface area (Å²) in [4.78, 5) is 0. The van der Waals surface area contributed by atoms with E-state index in [1.807, 2.05) is 6.07 Å². The highest BCUT2D eigenvalue weighted by atomic mass is 35.5. The molecule has 2 rings (SSSR count). The van der Waals surface area contributed by atoms with Gasteiger partial charge in [0.05, 0.1) is 16.1 Å². The average molecular weight is 245 g/mol. The number of hydrogen-bond acceptors (Lipinski definition) is 1. The van der Waals surface area contributed by atoms with Crippen LogP contribution in [0.25, 0.3) is 0 Å². The first-order valence-electron chi connectivity index (χ1n) is 5.30. The molecule has 0 aliphatic heterocycles. The molecular weight excluding hydrogens is 231 g/mol. The van der Waals surface area contributed by atoms with Gasteiger partial charge in [-0.25, -0.2) is 0 Å². The highest BCUT2D eigenvalue weighted by molar-refractivity contribution is 6.42. The smallest absolute Gasteiger partial charge is 0.0793 e. The first kappa shape index (κ1) is 11.3. The highest BCUT2D eigenvalue weighted by Gasteiger charge is 2.21. The fourth-order valence-electron chi connectivity index (χ4n) is 1.90. The van der Waals surface area contributed by atoms with E-state index in [0.717, 1.165) is 12.0 Å². The van der Waals surface area contributed by atoms with Gasteiger partial charge in [0.25, 0.3) is 0 Å². The Bertz CT molecular complexity index is 347. The van der Waals surface area contributed by atoms with Crippen LogP contribution in [-0.4, -0.2) is 5.11 Å². The summed E-state index contributed by atoms with van der Waals surface area (Å²) in [6, 6.07) is 5.34. The van der Waals surface area contributed by atoms with Crippen LogP contribution in [0.3, 0.4) is 0 Å². The Morgan fingerprint density at radius 3 is 2.53 bits per heavy atom. The molecule has 0 bridgehead atoms. The topological polar surface area (TPSA) is 20.2 Å². The summed E-state index contributed by atoms with van der Waals surface area (Å²) in [6.45, 7) is 0. The molecule has 15 heavy (non-hydrogen) atoms. The monoisotopic (exact) mass is 244 g/mol. The predicted octanol–water partition coefficient (Wildman–Crippen LogP) is 4.22. The fraction of sp³-hybridized carbons (Fsp3) is 0.500. The number of aliphatic hydroxyl groups is 1. The van der Waals surface area contributed by atoms with Gasteiger partial charge in [0.2, 0.25) is 0 Å². The molecule has 1 saturated carbocycles. The predicted molar refractivity (Wildman–Crippen MR) is 63.4 cm³/mol. The third-order valence-electron chi connectivity index (χ3n) is 3.11. The van der Waals surface area contributed by atoms with Crippen LogP contribution < -0.4 is 0 Å². The molecule has 1 nitrogen and oxygen atoms in total. The van der Waals surface area contributed by atoms with Crippen molar-refractivity contribution in [1.82, 2.24) is 0 Å². The van der Waals surface area contributed by atoms with Crippen molar-refractivity contribution in [3.63, 3.8) is 0 Å². The van der Waals surface area contributed by atoms with Crippen LogP contribution in [0.15, 0.2) is 18.2 Å². The minimum absolute atomic E-state index is 0.398. The summed E-state index contributed by atoms with van der Waals surface area (Å²) in [7, 11) is 0. The number of benzene rings is 1. The second-order valence-corrected chi connectivity index (χ2v) is 5.04. The van der Waals surface area contributed by atoms with E-state index in [0.29, 0.717) is 16.0 Å². The first-order valence-corrected chi connectivity index (χ1v) is 6.05. The van der Waals surface area contributed by atoms with E-state index in [1.165, 1.54) is 19.3 Å². The maximum Gasteiger partial charge on any atom is 0.0793 e. The standard InChI is InChI=1S/C12H14Cl2O/c13-10-5-4-9(7-11(10)14)12(15)6-8-2-1-3-8/h4-5,7-8,12,15H,1-3,6H2. The quantitative estimate of drug-likeness (QED) is 0.845. The minimum Gasteiger partial charge on any atom is -0.388 e. The van der Waals surface area contributed by atoms with Gasteiger partial charge in [0, 0.05) is 0 Å². The molecule has 0 radical (unpaired) electrons. The Hall–Kier alpha value is -0.240. The number of rotatable bonds is 3. The molecule has 0 saturated heterocycles. The second-order valence-electron chi connectivity index (χ2n) is 4.22. The van der Waals surface area contributed by atoms with Gasteiger partial charge in [-0.15, -0.1) is 0 Å². The van der Waals surface area contributed by atoms with Crippen LogP contribution in [0.2, 0.25) is 10.0 Å². The zero-order chi connectivity index (χ0) is 10.8. The van der Waals surface area contributed by atoms with Gasteiger partial charge in [-0.2, -0.15) is 0 Å². The zero-order valence-corrected chi connectivity index (χ0v) is 9.93. The Morgan fingerprint density at radius 2 is 2.00 bits per heavy atom. The number of aliphatic hydroxyl groups excluding tert-OH is 1. The van der Waals surface area contributed by atoms with Crippen molar-refractivity contribution in [1.29, 1.82) is 0 Å². The molecule has 82 valence electrons. The SMILES string of the molecule is OC(CC1CCC1)c1ccc(Cl)c(Cl)c1. The van der Waals surface area contributed by atoms with E-state index < -0.39 is 6.10 Å². The molecule has 0 amide bonds. The molecule has 0 heterocycles. The van der Waals surface area contributed by atoms with Crippen LogP contribution in [0.1, 0.15) is 37.4 Å². The van der Waals surface area contributed by atoms with Crippen LogP contribution in [-0.2, 0) is 0 Å². The lowest BCUT2D eigenvalue weighted by Crippen LogP contribution is -2.14. The Balaban J connectivity index is 2.03. The van der Waals surface area contributed by atoms with Gasteiger partial charge in [0.15, 0.2) is 0 Å². The Kier molecular flexibility index (Phi) is 3.55. The van der Waals surface area contributed by atoms with Crippen molar-refractivity contribution in [3.8, 4) is 0 Å². The van der Waals surface area contributed by atoms with E-state index in [9.17, 15) is 5.11 Å². The molecule has 1 atom stereocenters. The lowest BCUT2D eigenvalue weighted by Gasteiger charge is -2.27.